The number of hydrogen-bond acceptors (Lipinski definition) is 4. The Kier molecular flexibility index (Phi) is 4.11. The third-order valence-electron chi connectivity index (χ3n) is 3.44. The summed E-state index contributed by atoms with van der Waals surface area (Å²) in [5, 5.41) is 0. The number of nitrogens with two attached hydrogens (primary N) is 1. The van der Waals surface area contributed by atoms with Gasteiger partial charge < -0.3 is 15.4 Å². The normalized spacial score (nSPS) is 20.7. The predicted octanol–water partition coefficient (Wildman–Crippen LogP) is 2.06. The van der Waals surface area contributed by atoms with Crippen molar-refractivity contribution in [2.75, 3.05) is 24.6 Å². The van der Waals surface area contributed by atoms with Crippen molar-refractivity contribution in [1.82, 2.24) is 4.98 Å². The van der Waals surface area contributed by atoms with Crippen LogP contribution >= 0.6 is 0 Å². The quantitative estimate of drug-likeness (QED) is 0.887. The van der Waals surface area contributed by atoms with Crippen LogP contribution in [-0.4, -0.2) is 30.8 Å². The molecule has 2 N–H and O–H groups in total. The van der Waals surface area contributed by atoms with Crippen LogP contribution in [0.2, 0.25) is 0 Å². The van der Waals surface area contributed by atoms with E-state index in [9.17, 15) is 0 Å². The third-order valence-corrected chi connectivity index (χ3v) is 3.44. The molecule has 1 atom stereocenters. The zero-order chi connectivity index (χ0) is 14.0. The predicted molar refractivity (Wildman–Crippen MR) is 78.5 cm³/mol. The van der Waals surface area contributed by atoms with Gasteiger partial charge in [-0.25, -0.2) is 4.98 Å². The fourth-order valence-corrected chi connectivity index (χ4v) is 2.26. The van der Waals surface area contributed by atoms with E-state index in [0.29, 0.717) is 6.54 Å². The van der Waals surface area contributed by atoms with Crippen LogP contribution in [-0.2, 0) is 16.7 Å². The first-order chi connectivity index (χ1) is 8.90. The monoisotopic (exact) mass is 263 g/mol. The Bertz CT molecular complexity index is 440. The van der Waals surface area contributed by atoms with Crippen LogP contribution in [0.15, 0.2) is 12.1 Å². The summed E-state index contributed by atoms with van der Waals surface area (Å²) in [6.07, 6.45) is 0.259. The first kappa shape index (κ1) is 14.3. The first-order valence-electron chi connectivity index (χ1n) is 6.98. The molecule has 0 amide bonds. The Hall–Kier alpha value is -1.13. The molecule has 1 aliphatic heterocycles. The maximum Gasteiger partial charge on any atom is 0.129 e. The summed E-state index contributed by atoms with van der Waals surface area (Å²) in [5.74, 6) is 1.03. The minimum atomic E-state index is 0.0395. The molecule has 1 aromatic heterocycles. The number of hydrogen-bond donors (Lipinski definition) is 1. The molecule has 1 aromatic rings. The Labute approximate surface area is 116 Å². The van der Waals surface area contributed by atoms with E-state index in [4.69, 9.17) is 15.5 Å². The number of aromatic nitrogens is 1. The van der Waals surface area contributed by atoms with Crippen LogP contribution in [0.5, 0.6) is 0 Å². The number of ether oxygens (including phenoxy) is 1. The maximum atomic E-state index is 5.82. The molecule has 0 spiro atoms. The molecule has 4 nitrogen and oxygen atoms in total. The molecule has 0 aromatic carbocycles. The molecule has 106 valence electrons. The summed E-state index contributed by atoms with van der Waals surface area (Å²) in [6, 6.07) is 4.22. The second kappa shape index (κ2) is 5.47. The summed E-state index contributed by atoms with van der Waals surface area (Å²) < 4.78 is 5.59. The van der Waals surface area contributed by atoms with E-state index in [1.165, 1.54) is 0 Å². The minimum absolute atomic E-state index is 0.0395. The minimum Gasteiger partial charge on any atom is -0.375 e. The van der Waals surface area contributed by atoms with Gasteiger partial charge in [0.25, 0.3) is 0 Å². The van der Waals surface area contributed by atoms with Crippen LogP contribution in [0, 0.1) is 0 Å². The van der Waals surface area contributed by atoms with Crippen molar-refractivity contribution in [2.45, 2.75) is 45.8 Å². The fourth-order valence-electron chi connectivity index (χ4n) is 2.26. The molecule has 19 heavy (non-hydrogen) atoms. The molecule has 0 aliphatic carbocycles. The molecule has 1 saturated heterocycles. The Morgan fingerprint density at radius 3 is 2.74 bits per heavy atom. The van der Waals surface area contributed by atoms with Gasteiger partial charge in [0.2, 0.25) is 0 Å². The average Bonchev–Trinajstić information content (AvgIpc) is 2.37. The highest BCUT2D eigenvalue weighted by molar-refractivity contribution is 5.44. The van der Waals surface area contributed by atoms with Crippen molar-refractivity contribution in [3.05, 3.63) is 23.4 Å². The molecule has 0 bridgehead atoms. The largest absolute Gasteiger partial charge is 0.375 e. The average molecular weight is 263 g/mol. The lowest BCUT2D eigenvalue weighted by Crippen LogP contribution is -2.41. The molecule has 2 heterocycles. The van der Waals surface area contributed by atoms with Crippen molar-refractivity contribution in [2.24, 2.45) is 5.73 Å². The van der Waals surface area contributed by atoms with Crippen molar-refractivity contribution < 1.29 is 4.74 Å². The van der Waals surface area contributed by atoms with Crippen LogP contribution < -0.4 is 10.6 Å². The molecule has 0 radical (unpaired) electrons. The Morgan fingerprint density at radius 1 is 1.42 bits per heavy atom. The highest BCUT2D eigenvalue weighted by atomic mass is 16.5. The van der Waals surface area contributed by atoms with Crippen molar-refractivity contribution >= 4 is 5.82 Å². The lowest BCUT2D eigenvalue weighted by atomic mass is 9.90. The van der Waals surface area contributed by atoms with E-state index in [1.54, 1.807) is 0 Å². The molecule has 4 heteroatoms. The summed E-state index contributed by atoms with van der Waals surface area (Å²) in [5.41, 5.74) is 8.11. The van der Waals surface area contributed by atoms with E-state index in [-0.39, 0.29) is 11.5 Å². The third kappa shape index (κ3) is 3.45. The molecular weight excluding hydrogens is 238 g/mol. The van der Waals surface area contributed by atoms with Crippen molar-refractivity contribution in [1.29, 1.82) is 0 Å². The second-order valence-electron chi connectivity index (χ2n) is 6.30. The number of rotatable bonds is 2. The van der Waals surface area contributed by atoms with Crippen molar-refractivity contribution in [3.8, 4) is 0 Å². The van der Waals surface area contributed by atoms with E-state index < -0.39 is 0 Å². The molecule has 1 fully saturated rings. The number of anilines is 1. The lowest BCUT2D eigenvalue weighted by molar-refractivity contribution is 0.0529. The summed E-state index contributed by atoms with van der Waals surface area (Å²) >= 11 is 0. The van der Waals surface area contributed by atoms with Gasteiger partial charge in [0.05, 0.1) is 12.7 Å². The van der Waals surface area contributed by atoms with E-state index in [1.807, 2.05) is 0 Å². The zero-order valence-corrected chi connectivity index (χ0v) is 12.4. The maximum absolute atomic E-state index is 5.82. The number of morpholine rings is 1. The summed E-state index contributed by atoms with van der Waals surface area (Å²) in [4.78, 5) is 7.12. The molecular formula is C15H25N3O. The topological polar surface area (TPSA) is 51.4 Å². The molecule has 0 saturated carbocycles. The number of nitrogens with zero attached hydrogens (tertiary/aromatic N) is 2. The van der Waals surface area contributed by atoms with Gasteiger partial charge in [0, 0.05) is 30.7 Å². The van der Waals surface area contributed by atoms with Gasteiger partial charge in [0.15, 0.2) is 0 Å². The van der Waals surface area contributed by atoms with Crippen molar-refractivity contribution in [3.63, 3.8) is 0 Å². The molecule has 1 unspecified atom stereocenters. The van der Waals surface area contributed by atoms with E-state index in [0.717, 1.165) is 36.8 Å². The van der Waals surface area contributed by atoms with Gasteiger partial charge in [-0.3, -0.25) is 0 Å². The Balaban J connectivity index is 2.34. The summed E-state index contributed by atoms with van der Waals surface area (Å²) in [7, 11) is 0. The van der Waals surface area contributed by atoms with Gasteiger partial charge in [0.1, 0.15) is 5.82 Å². The van der Waals surface area contributed by atoms with Crippen LogP contribution in [0.3, 0.4) is 0 Å². The Morgan fingerprint density at radius 2 is 2.16 bits per heavy atom. The number of pyridine rings is 1. The van der Waals surface area contributed by atoms with Crippen LogP contribution in [0.25, 0.3) is 0 Å². The fraction of sp³-hybridized carbons (Fsp3) is 0.667. The SMILES string of the molecule is CC1CN(c2cc(CN)cc(C(C)(C)C)n2)CCO1. The van der Waals surface area contributed by atoms with Crippen LogP contribution in [0.1, 0.15) is 39.0 Å². The lowest BCUT2D eigenvalue weighted by Gasteiger charge is -2.33. The highest BCUT2D eigenvalue weighted by Gasteiger charge is 2.22. The van der Waals surface area contributed by atoms with Gasteiger partial charge in [-0.05, 0) is 24.6 Å². The van der Waals surface area contributed by atoms with E-state index >= 15 is 0 Å². The zero-order valence-electron chi connectivity index (χ0n) is 12.4. The smallest absolute Gasteiger partial charge is 0.129 e. The first-order valence-corrected chi connectivity index (χ1v) is 6.98. The van der Waals surface area contributed by atoms with Gasteiger partial charge >= 0.3 is 0 Å². The highest BCUT2D eigenvalue weighted by Crippen LogP contribution is 2.25. The van der Waals surface area contributed by atoms with Gasteiger partial charge in [-0.1, -0.05) is 20.8 Å². The molecule has 2 rings (SSSR count). The summed E-state index contributed by atoms with van der Waals surface area (Å²) in [6.45, 7) is 11.8. The van der Waals surface area contributed by atoms with Gasteiger partial charge in [-0.2, -0.15) is 0 Å². The molecule has 1 aliphatic rings. The standard InChI is InChI=1S/C15H25N3O/c1-11-10-18(5-6-19-11)14-8-12(9-16)7-13(17-14)15(2,3)4/h7-8,11H,5-6,9-10,16H2,1-4H3. The van der Waals surface area contributed by atoms with E-state index in [2.05, 4.69) is 44.7 Å². The second-order valence-corrected chi connectivity index (χ2v) is 6.30. The van der Waals surface area contributed by atoms with Gasteiger partial charge in [-0.15, -0.1) is 0 Å². The van der Waals surface area contributed by atoms with Crippen LogP contribution in [0.4, 0.5) is 5.82 Å².